The lowest BCUT2D eigenvalue weighted by Crippen LogP contribution is -2.39. The van der Waals surface area contributed by atoms with Crippen LogP contribution in [0.2, 0.25) is 0 Å². The minimum absolute atomic E-state index is 0.248. The smallest absolute Gasteiger partial charge is 0.0696 e. The van der Waals surface area contributed by atoms with Gasteiger partial charge in [0, 0.05) is 19.7 Å². The van der Waals surface area contributed by atoms with Crippen molar-refractivity contribution in [2.24, 2.45) is 0 Å². The molecule has 0 amide bonds. The van der Waals surface area contributed by atoms with Crippen LogP contribution in [0.1, 0.15) is 33.6 Å². The van der Waals surface area contributed by atoms with Crippen molar-refractivity contribution in [1.82, 2.24) is 5.32 Å². The molecule has 1 N–H and O–H groups in total. The molecule has 0 spiro atoms. The zero-order chi connectivity index (χ0) is 11.7. The molecule has 15 heavy (non-hydrogen) atoms. The molecule has 2 heteroatoms. The van der Waals surface area contributed by atoms with Crippen LogP contribution >= 0.6 is 0 Å². The van der Waals surface area contributed by atoms with Crippen LogP contribution in [0.15, 0.2) is 24.3 Å². The van der Waals surface area contributed by atoms with Gasteiger partial charge < -0.3 is 10.1 Å². The number of hydrogen-bond donors (Lipinski definition) is 1. The van der Waals surface area contributed by atoms with Crippen molar-refractivity contribution < 1.29 is 4.74 Å². The molecule has 0 heterocycles. The zero-order valence-corrected chi connectivity index (χ0v) is 10.5. The standard InChI is InChI=1S/C13H25NO/c1-6-8-9-11(3)10-14-13(7-2)12(4)15-5/h8-9,12-14H,3,6-7,10H2,1-2,4-5H3/b9-8-. The first-order chi connectivity index (χ1) is 7.15. The highest BCUT2D eigenvalue weighted by atomic mass is 16.5. The van der Waals surface area contributed by atoms with Gasteiger partial charge in [-0.25, -0.2) is 0 Å². The first-order valence-corrected chi connectivity index (χ1v) is 5.76. The van der Waals surface area contributed by atoms with E-state index in [2.05, 4.69) is 44.8 Å². The summed E-state index contributed by atoms with van der Waals surface area (Å²) in [5, 5.41) is 3.45. The predicted molar refractivity (Wildman–Crippen MR) is 67.1 cm³/mol. The largest absolute Gasteiger partial charge is 0.380 e. The lowest BCUT2D eigenvalue weighted by Gasteiger charge is -2.22. The van der Waals surface area contributed by atoms with E-state index in [0.717, 1.165) is 25.0 Å². The maximum atomic E-state index is 5.31. The maximum absolute atomic E-state index is 5.31. The summed E-state index contributed by atoms with van der Waals surface area (Å²) in [5.74, 6) is 0. The van der Waals surface area contributed by atoms with Crippen molar-refractivity contribution in [1.29, 1.82) is 0 Å². The van der Waals surface area contributed by atoms with Gasteiger partial charge >= 0.3 is 0 Å². The first kappa shape index (κ1) is 14.4. The summed E-state index contributed by atoms with van der Waals surface area (Å²) in [5.41, 5.74) is 1.12. The molecule has 0 bridgehead atoms. The van der Waals surface area contributed by atoms with Gasteiger partial charge in [0.05, 0.1) is 6.10 Å². The molecule has 88 valence electrons. The van der Waals surface area contributed by atoms with Gasteiger partial charge in [-0.05, 0) is 25.3 Å². The van der Waals surface area contributed by atoms with Crippen LogP contribution in [-0.2, 0) is 4.74 Å². The highest BCUT2D eigenvalue weighted by Gasteiger charge is 2.13. The molecule has 0 aliphatic rings. The Morgan fingerprint density at radius 2 is 2.13 bits per heavy atom. The Balaban J connectivity index is 3.90. The van der Waals surface area contributed by atoms with Crippen LogP contribution < -0.4 is 5.32 Å². The molecular weight excluding hydrogens is 186 g/mol. The summed E-state index contributed by atoms with van der Waals surface area (Å²) >= 11 is 0. The molecule has 0 saturated carbocycles. The molecule has 0 aliphatic carbocycles. The average Bonchev–Trinajstić information content (AvgIpc) is 2.26. The fourth-order valence-electron chi connectivity index (χ4n) is 1.41. The molecule has 0 radical (unpaired) electrons. The Kier molecular flexibility index (Phi) is 8.34. The maximum Gasteiger partial charge on any atom is 0.0696 e. The number of hydrogen-bond acceptors (Lipinski definition) is 2. The summed E-state index contributed by atoms with van der Waals surface area (Å²) in [6.45, 7) is 11.2. The number of methoxy groups -OCH3 is 1. The summed E-state index contributed by atoms with van der Waals surface area (Å²) < 4.78 is 5.31. The van der Waals surface area contributed by atoms with Crippen LogP contribution in [0.5, 0.6) is 0 Å². The number of rotatable bonds is 8. The lowest BCUT2D eigenvalue weighted by atomic mass is 10.1. The van der Waals surface area contributed by atoms with Gasteiger partial charge in [0.2, 0.25) is 0 Å². The van der Waals surface area contributed by atoms with E-state index in [4.69, 9.17) is 4.74 Å². The van der Waals surface area contributed by atoms with E-state index in [9.17, 15) is 0 Å². The second-order valence-corrected chi connectivity index (χ2v) is 3.81. The lowest BCUT2D eigenvalue weighted by molar-refractivity contribution is 0.0828. The van der Waals surface area contributed by atoms with E-state index in [1.54, 1.807) is 7.11 Å². The molecule has 0 aromatic heterocycles. The van der Waals surface area contributed by atoms with Crippen molar-refractivity contribution in [3.05, 3.63) is 24.3 Å². The molecule has 2 nitrogen and oxygen atoms in total. The fraction of sp³-hybridized carbons (Fsp3) is 0.692. The molecule has 0 fully saturated rings. The quantitative estimate of drug-likeness (QED) is 0.623. The van der Waals surface area contributed by atoms with Crippen LogP contribution in [0.3, 0.4) is 0 Å². The van der Waals surface area contributed by atoms with Crippen LogP contribution in [0.25, 0.3) is 0 Å². The second-order valence-electron chi connectivity index (χ2n) is 3.81. The van der Waals surface area contributed by atoms with Crippen molar-refractivity contribution >= 4 is 0 Å². The minimum atomic E-state index is 0.248. The van der Waals surface area contributed by atoms with Crippen molar-refractivity contribution in [2.45, 2.75) is 45.8 Å². The summed E-state index contributed by atoms with van der Waals surface area (Å²) in [7, 11) is 1.75. The molecule has 0 aliphatic heterocycles. The zero-order valence-electron chi connectivity index (χ0n) is 10.5. The van der Waals surface area contributed by atoms with Gasteiger partial charge in [-0.1, -0.05) is 32.6 Å². The summed E-state index contributed by atoms with van der Waals surface area (Å²) in [6.07, 6.45) is 6.59. The van der Waals surface area contributed by atoms with Crippen molar-refractivity contribution in [3.63, 3.8) is 0 Å². The molecular formula is C13H25NO. The van der Waals surface area contributed by atoms with Crippen molar-refractivity contribution in [2.75, 3.05) is 13.7 Å². The second kappa shape index (κ2) is 8.69. The van der Waals surface area contributed by atoms with Gasteiger partial charge in [0.1, 0.15) is 0 Å². The monoisotopic (exact) mass is 211 g/mol. The van der Waals surface area contributed by atoms with Gasteiger partial charge in [-0.2, -0.15) is 0 Å². The molecule has 0 aromatic rings. The van der Waals surface area contributed by atoms with Gasteiger partial charge in [0.15, 0.2) is 0 Å². The third-order valence-electron chi connectivity index (χ3n) is 2.56. The number of allylic oxidation sites excluding steroid dienone is 1. The van der Waals surface area contributed by atoms with E-state index in [1.165, 1.54) is 0 Å². The van der Waals surface area contributed by atoms with Crippen molar-refractivity contribution in [3.8, 4) is 0 Å². The molecule has 0 saturated heterocycles. The highest BCUT2D eigenvalue weighted by Crippen LogP contribution is 2.03. The van der Waals surface area contributed by atoms with E-state index in [-0.39, 0.29) is 6.10 Å². The Bertz CT molecular complexity index is 199. The predicted octanol–water partition coefficient (Wildman–Crippen LogP) is 2.91. The van der Waals surface area contributed by atoms with E-state index >= 15 is 0 Å². The Morgan fingerprint density at radius 3 is 2.60 bits per heavy atom. The summed E-state index contributed by atoms with van der Waals surface area (Å²) in [6, 6.07) is 0.404. The van der Waals surface area contributed by atoms with Gasteiger partial charge in [0.25, 0.3) is 0 Å². The SMILES string of the molecule is C=C(/C=C\CC)CNC(CC)C(C)OC. The molecule has 2 atom stereocenters. The molecule has 0 aromatic carbocycles. The summed E-state index contributed by atoms with van der Waals surface area (Å²) in [4.78, 5) is 0. The molecule has 2 unspecified atom stereocenters. The highest BCUT2D eigenvalue weighted by molar-refractivity contribution is 5.15. The average molecular weight is 211 g/mol. The minimum Gasteiger partial charge on any atom is -0.380 e. The molecule has 0 rings (SSSR count). The topological polar surface area (TPSA) is 21.3 Å². The van der Waals surface area contributed by atoms with E-state index < -0.39 is 0 Å². The Labute approximate surface area is 94.4 Å². The van der Waals surface area contributed by atoms with Crippen LogP contribution in [0.4, 0.5) is 0 Å². The fourth-order valence-corrected chi connectivity index (χ4v) is 1.41. The van der Waals surface area contributed by atoms with Crippen LogP contribution in [0, 0.1) is 0 Å². The third-order valence-corrected chi connectivity index (χ3v) is 2.56. The van der Waals surface area contributed by atoms with E-state index in [0.29, 0.717) is 6.04 Å². The number of ether oxygens (including phenoxy) is 1. The van der Waals surface area contributed by atoms with E-state index in [1.807, 2.05) is 0 Å². The Hall–Kier alpha value is -0.600. The number of nitrogens with one attached hydrogen (secondary N) is 1. The van der Waals surface area contributed by atoms with Gasteiger partial charge in [-0.3, -0.25) is 0 Å². The Morgan fingerprint density at radius 1 is 1.47 bits per heavy atom. The third kappa shape index (κ3) is 6.47. The first-order valence-electron chi connectivity index (χ1n) is 5.76. The normalized spacial score (nSPS) is 15.5. The van der Waals surface area contributed by atoms with Crippen LogP contribution in [-0.4, -0.2) is 25.8 Å². The van der Waals surface area contributed by atoms with Gasteiger partial charge in [-0.15, -0.1) is 0 Å².